The molecule has 0 saturated heterocycles. The Balaban J connectivity index is 2.03. The Morgan fingerprint density at radius 1 is 1.50 bits per heavy atom. The molecule has 0 atom stereocenters. The Morgan fingerprint density at radius 2 is 2.25 bits per heavy atom. The maximum Gasteiger partial charge on any atom is 0.265 e. The number of amides is 1. The third-order valence-electron chi connectivity index (χ3n) is 2.95. The summed E-state index contributed by atoms with van der Waals surface area (Å²) in [6, 6.07) is 4.10. The van der Waals surface area contributed by atoms with E-state index < -0.39 is 0 Å². The molecule has 2 aromatic rings. The van der Waals surface area contributed by atoms with Crippen molar-refractivity contribution in [3.63, 3.8) is 0 Å². The number of rotatable bonds is 5. The predicted octanol–water partition coefficient (Wildman–Crippen LogP) is 2.54. The zero-order valence-electron chi connectivity index (χ0n) is 11.7. The molecule has 108 valence electrons. The maximum absolute atomic E-state index is 12.2. The zero-order valence-corrected chi connectivity index (χ0v) is 13.3. The minimum atomic E-state index is -0.175. The van der Waals surface area contributed by atoms with E-state index in [0.717, 1.165) is 0 Å². The lowest BCUT2D eigenvalue weighted by atomic mass is 9.91. The third-order valence-corrected chi connectivity index (χ3v) is 5.28. The standard InChI is InChI=1S/C13H18N4OS2/c1-13(2,8-5-4-6-19-8)7-16-11(18)9-10(14)17-12(15-3)20-9/h4-6H,7,14H2,1-3H3,(H,15,17)(H,16,18). The van der Waals surface area contributed by atoms with Crippen LogP contribution >= 0.6 is 22.7 Å². The zero-order chi connectivity index (χ0) is 14.8. The maximum atomic E-state index is 12.2. The number of thiophene rings is 1. The first kappa shape index (κ1) is 14.8. The molecule has 0 bridgehead atoms. The van der Waals surface area contributed by atoms with Gasteiger partial charge in [-0.3, -0.25) is 4.79 Å². The predicted molar refractivity (Wildman–Crippen MR) is 85.8 cm³/mol. The molecule has 0 unspecified atom stereocenters. The Bertz CT molecular complexity index is 590. The van der Waals surface area contributed by atoms with Crippen LogP contribution in [-0.2, 0) is 5.41 Å². The van der Waals surface area contributed by atoms with Crippen molar-refractivity contribution < 1.29 is 4.79 Å². The van der Waals surface area contributed by atoms with Crippen LogP contribution in [0.1, 0.15) is 28.4 Å². The highest BCUT2D eigenvalue weighted by atomic mass is 32.1. The first-order valence-electron chi connectivity index (χ1n) is 6.20. The molecule has 0 aliphatic carbocycles. The number of carbonyl (C=O) groups excluding carboxylic acids is 1. The van der Waals surface area contributed by atoms with Crippen LogP contribution in [0.3, 0.4) is 0 Å². The summed E-state index contributed by atoms with van der Waals surface area (Å²) >= 11 is 2.95. The SMILES string of the molecule is CNc1nc(N)c(C(=O)NCC(C)(C)c2cccs2)s1. The summed E-state index contributed by atoms with van der Waals surface area (Å²) < 4.78 is 0. The largest absolute Gasteiger partial charge is 0.382 e. The Morgan fingerprint density at radius 3 is 2.80 bits per heavy atom. The molecule has 0 fully saturated rings. The highest BCUT2D eigenvalue weighted by molar-refractivity contribution is 7.18. The van der Waals surface area contributed by atoms with Gasteiger partial charge in [0.1, 0.15) is 10.7 Å². The molecule has 0 saturated carbocycles. The molecule has 4 N–H and O–H groups in total. The van der Waals surface area contributed by atoms with Crippen molar-refractivity contribution in [1.82, 2.24) is 10.3 Å². The fourth-order valence-electron chi connectivity index (χ4n) is 1.73. The quantitative estimate of drug-likeness (QED) is 0.793. The van der Waals surface area contributed by atoms with E-state index in [2.05, 4.69) is 35.5 Å². The monoisotopic (exact) mass is 310 g/mol. The molecule has 0 aliphatic rings. The molecular weight excluding hydrogens is 292 g/mol. The van der Waals surface area contributed by atoms with Gasteiger partial charge in [0, 0.05) is 23.9 Å². The number of thiazole rings is 1. The van der Waals surface area contributed by atoms with Gasteiger partial charge in [0.2, 0.25) is 0 Å². The number of nitrogen functional groups attached to an aromatic ring is 1. The second kappa shape index (κ2) is 5.80. The average Bonchev–Trinajstić information content (AvgIpc) is 3.05. The number of anilines is 2. The minimum Gasteiger partial charge on any atom is -0.382 e. The first-order chi connectivity index (χ1) is 9.44. The van der Waals surface area contributed by atoms with Gasteiger partial charge in [-0.15, -0.1) is 11.3 Å². The molecule has 0 aliphatic heterocycles. The van der Waals surface area contributed by atoms with Crippen molar-refractivity contribution in [3.8, 4) is 0 Å². The molecule has 2 aromatic heterocycles. The van der Waals surface area contributed by atoms with Gasteiger partial charge in [-0.25, -0.2) is 4.98 Å². The number of nitrogens with one attached hydrogen (secondary N) is 2. The summed E-state index contributed by atoms with van der Waals surface area (Å²) in [7, 11) is 1.75. The first-order valence-corrected chi connectivity index (χ1v) is 7.90. The molecule has 5 nitrogen and oxygen atoms in total. The average molecular weight is 310 g/mol. The topological polar surface area (TPSA) is 80.0 Å². The van der Waals surface area contributed by atoms with Crippen molar-refractivity contribution in [2.24, 2.45) is 0 Å². The van der Waals surface area contributed by atoms with E-state index in [9.17, 15) is 4.79 Å². The summed E-state index contributed by atoms with van der Waals surface area (Å²) in [5.74, 6) is 0.0944. The van der Waals surface area contributed by atoms with E-state index in [1.54, 1.807) is 18.4 Å². The van der Waals surface area contributed by atoms with Crippen LogP contribution in [0.2, 0.25) is 0 Å². The lowest BCUT2D eigenvalue weighted by molar-refractivity contribution is 0.0950. The molecular formula is C13H18N4OS2. The lowest BCUT2D eigenvalue weighted by Crippen LogP contribution is -2.36. The molecule has 20 heavy (non-hydrogen) atoms. The molecule has 2 rings (SSSR count). The second-order valence-electron chi connectivity index (χ2n) is 5.03. The van der Waals surface area contributed by atoms with Crippen LogP contribution in [-0.4, -0.2) is 24.5 Å². The van der Waals surface area contributed by atoms with Crippen molar-refractivity contribution >= 4 is 39.5 Å². The smallest absolute Gasteiger partial charge is 0.265 e. The van der Waals surface area contributed by atoms with Gasteiger partial charge in [-0.05, 0) is 11.4 Å². The highest BCUT2D eigenvalue weighted by Crippen LogP contribution is 2.28. The van der Waals surface area contributed by atoms with Crippen LogP contribution in [0, 0.1) is 0 Å². The molecule has 7 heteroatoms. The van der Waals surface area contributed by atoms with Crippen molar-refractivity contribution in [3.05, 3.63) is 27.3 Å². The summed E-state index contributed by atoms with van der Waals surface area (Å²) in [6.07, 6.45) is 0. The van der Waals surface area contributed by atoms with E-state index in [1.807, 2.05) is 11.4 Å². The highest BCUT2D eigenvalue weighted by Gasteiger charge is 2.24. The number of carbonyl (C=O) groups is 1. The third kappa shape index (κ3) is 3.10. The number of hydrogen-bond donors (Lipinski definition) is 3. The van der Waals surface area contributed by atoms with Crippen molar-refractivity contribution in [1.29, 1.82) is 0 Å². The van der Waals surface area contributed by atoms with E-state index >= 15 is 0 Å². The van der Waals surface area contributed by atoms with Crippen LogP contribution in [0.4, 0.5) is 10.9 Å². The van der Waals surface area contributed by atoms with E-state index in [1.165, 1.54) is 16.2 Å². The number of nitrogens with zero attached hydrogens (tertiary/aromatic N) is 1. The normalized spacial score (nSPS) is 11.3. The lowest BCUT2D eigenvalue weighted by Gasteiger charge is -2.23. The van der Waals surface area contributed by atoms with Gasteiger partial charge in [0.15, 0.2) is 5.13 Å². The Hall–Kier alpha value is -1.60. The van der Waals surface area contributed by atoms with Gasteiger partial charge in [0.25, 0.3) is 5.91 Å². The fraction of sp³-hybridized carbons (Fsp3) is 0.385. The van der Waals surface area contributed by atoms with Gasteiger partial charge >= 0.3 is 0 Å². The van der Waals surface area contributed by atoms with E-state index in [-0.39, 0.29) is 17.1 Å². The Kier molecular flexibility index (Phi) is 4.29. The van der Waals surface area contributed by atoms with Gasteiger partial charge in [0.05, 0.1) is 0 Å². The summed E-state index contributed by atoms with van der Waals surface area (Å²) in [6.45, 7) is 4.76. The molecule has 1 amide bonds. The van der Waals surface area contributed by atoms with E-state index in [0.29, 0.717) is 16.6 Å². The van der Waals surface area contributed by atoms with Crippen LogP contribution in [0.15, 0.2) is 17.5 Å². The van der Waals surface area contributed by atoms with Gasteiger partial charge in [-0.1, -0.05) is 31.3 Å². The number of aromatic nitrogens is 1. The summed E-state index contributed by atoms with van der Waals surface area (Å²) in [5, 5.41) is 8.51. The number of nitrogens with two attached hydrogens (primary N) is 1. The van der Waals surface area contributed by atoms with Crippen LogP contribution in [0.5, 0.6) is 0 Å². The Labute approximate surface area is 126 Å². The summed E-state index contributed by atoms with van der Waals surface area (Å²) in [4.78, 5) is 17.9. The molecule has 2 heterocycles. The van der Waals surface area contributed by atoms with Crippen molar-refractivity contribution in [2.45, 2.75) is 19.3 Å². The van der Waals surface area contributed by atoms with Gasteiger partial charge < -0.3 is 16.4 Å². The summed E-state index contributed by atoms with van der Waals surface area (Å²) in [5.41, 5.74) is 5.65. The number of hydrogen-bond acceptors (Lipinski definition) is 6. The van der Waals surface area contributed by atoms with Crippen LogP contribution < -0.4 is 16.4 Å². The fourth-order valence-corrected chi connectivity index (χ4v) is 3.34. The van der Waals surface area contributed by atoms with Crippen LogP contribution in [0.25, 0.3) is 0 Å². The second-order valence-corrected chi connectivity index (χ2v) is 6.97. The minimum absolute atomic E-state index is 0.102. The molecule has 0 aromatic carbocycles. The van der Waals surface area contributed by atoms with Crippen molar-refractivity contribution in [2.75, 3.05) is 24.6 Å². The van der Waals surface area contributed by atoms with E-state index in [4.69, 9.17) is 5.73 Å². The molecule has 0 spiro atoms. The molecule has 0 radical (unpaired) electrons. The van der Waals surface area contributed by atoms with Gasteiger partial charge in [-0.2, -0.15) is 0 Å².